The van der Waals surface area contributed by atoms with Crippen molar-refractivity contribution in [1.29, 1.82) is 0 Å². The average molecular weight is 357 g/mol. The van der Waals surface area contributed by atoms with Crippen molar-refractivity contribution in [3.05, 3.63) is 72.2 Å². The monoisotopic (exact) mass is 357 g/mol. The Bertz CT molecular complexity index is 905. The maximum atomic E-state index is 13.6. The highest BCUT2D eigenvalue weighted by Gasteiger charge is 2.22. The molecule has 3 aromatic rings. The third-order valence-corrected chi connectivity index (χ3v) is 3.52. The van der Waals surface area contributed by atoms with Gasteiger partial charge in [0.15, 0.2) is 6.10 Å². The summed E-state index contributed by atoms with van der Waals surface area (Å²) >= 11 is 0. The molecule has 0 spiro atoms. The molecule has 3 rings (SSSR count). The molecular formula is C18H16FN3O4. The Morgan fingerprint density at radius 1 is 1.27 bits per heavy atom. The van der Waals surface area contributed by atoms with E-state index >= 15 is 0 Å². The van der Waals surface area contributed by atoms with Gasteiger partial charge in [0.05, 0.1) is 12.2 Å². The number of aromatic nitrogens is 2. The maximum Gasteiger partial charge on any atom is 0.375 e. The van der Waals surface area contributed by atoms with Crippen molar-refractivity contribution in [2.45, 2.75) is 19.6 Å². The van der Waals surface area contributed by atoms with Gasteiger partial charge in [-0.2, -0.15) is 5.10 Å². The minimum atomic E-state index is -1.12. The van der Waals surface area contributed by atoms with E-state index in [1.807, 2.05) is 0 Å². The molecule has 1 amide bonds. The number of para-hydroxylation sites is 1. The van der Waals surface area contributed by atoms with Crippen LogP contribution in [0.1, 0.15) is 23.2 Å². The molecule has 0 radical (unpaired) electrons. The van der Waals surface area contributed by atoms with Gasteiger partial charge >= 0.3 is 5.97 Å². The third kappa shape index (κ3) is 4.15. The Morgan fingerprint density at radius 3 is 2.81 bits per heavy atom. The minimum absolute atomic E-state index is 0.0138. The van der Waals surface area contributed by atoms with Crippen LogP contribution in [0.5, 0.6) is 0 Å². The Morgan fingerprint density at radius 2 is 2.08 bits per heavy atom. The summed E-state index contributed by atoms with van der Waals surface area (Å²) in [5, 5.41) is 6.41. The molecule has 0 bridgehead atoms. The predicted molar refractivity (Wildman–Crippen MR) is 89.9 cm³/mol. The lowest BCUT2D eigenvalue weighted by atomic mass is 10.3. The molecule has 1 aromatic carbocycles. The van der Waals surface area contributed by atoms with Crippen LogP contribution in [-0.4, -0.2) is 27.8 Å². The zero-order valence-electron chi connectivity index (χ0n) is 13.9. The van der Waals surface area contributed by atoms with E-state index in [4.69, 9.17) is 9.15 Å². The van der Waals surface area contributed by atoms with E-state index < -0.39 is 23.8 Å². The lowest BCUT2D eigenvalue weighted by Crippen LogP contribution is -2.30. The van der Waals surface area contributed by atoms with Crippen molar-refractivity contribution < 1.29 is 23.1 Å². The van der Waals surface area contributed by atoms with Gasteiger partial charge in [0.25, 0.3) is 5.91 Å². The Hall–Kier alpha value is -3.42. The molecule has 0 aliphatic rings. The van der Waals surface area contributed by atoms with E-state index in [2.05, 4.69) is 10.4 Å². The normalized spacial score (nSPS) is 11.8. The molecule has 0 fully saturated rings. The number of hydrogen-bond donors (Lipinski definition) is 1. The number of nitrogens with zero attached hydrogens (tertiary/aromatic N) is 2. The zero-order valence-corrected chi connectivity index (χ0v) is 13.9. The van der Waals surface area contributed by atoms with Gasteiger partial charge < -0.3 is 14.5 Å². The Labute approximate surface area is 148 Å². The zero-order chi connectivity index (χ0) is 18.5. The molecule has 26 heavy (non-hydrogen) atoms. The quantitative estimate of drug-likeness (QED) is 0.686. The highest BCUT2D eigenvalue weighted by atomic mass is 19.1. The van der Waals surface area contributed by atoms with Crippen molar-refractivity contribution in [1.82, 2.24) is 9.78 Å². The van der Waals surface area contributed by atoms with Crippen LogP contribution in [0.4, 0.5) is 10.1 Å². The van der Waals surface area contributed by atoms with Crippen molar-refractivity contribution in [3.8, 4) is 0 Å². The summed E-state index contributed by atoms with van der Waals surface area (Å²) < 4.78 is 25.7. The number of hydrogen-bond acceptors (Lipinski definition) is 5. The number of carbonyl (C=O) groups is 2. The van der Waals surface area contributed by atoms with Gasteiger partial charge in [0.2, 0.25) is 5.76 Å². The average Bonchev–Trinajstić information content (AvgIpc) is 3.29. The number of halogens is 1. The SMILES string of the molecule is CC(OC(=O)c1ccc(Cn2cccn2)o1)C(=O)Nc1ccccc1F. The molecule has 134 valence electrons. The summed E-state index contributed by atoms with van der Waals surface area (Å²) in [5.74, 6) is -1.52. The van der Waals surface area contributed by atoms with Crippen molar-refractivity contribution in [2.24, 2.45) is 0 Å². The van der Waals surface area contributed by atoms with E-state index in [1.54, 1.807) is 35.3 Å². The number of ether oxygens (including phenoxy) is 1. The molecule has 0 saturated carbocycles. The molecule has 1 atom stereocenters. The standard InChI is InChI=1S/C18H16FN3O4/c1-12(17(23)21-15-6-3-2-5-14(15)19)25-18(24)16-8-7-13(26-16)11-22-10-4-9-20-22/h2-10,12H,11H2,1H3,(H,21,23). The van der Waals surface area contributed by atoms with E-state index in [0.29, 0.717) is 12.3 Å². The first-order valence-electron chi connectivity index (χ1n) is 7.85. The van der Waals surface area contributed by atoms with Crippen LogP contribution in [-0.2, 0) is 16.1 Å². The van der Waals surface area contributed by atoms with Crippen molar-refractivity contribution >= 4 is 17.6 Å². The lowest BCUT2D eigenvalue weighted by molar-refractivity contribution is -0.123. The number of nitrogens with one attached hydrogen (secondary N) is 1. The molecular weight excluding hydrogens is 341 g/mol. The van der Waals surface area contributed by atoms with E-state index in [-0.39, 0.29) is 11.4 Å². The summed E-state index contributed by atoms with van der Waals surface area (Å²) in [7, 11) is 0. The number of anilines is 1. The van der Waals surface area contributed by atoms with Crippen LogP contribution in [0.25, 0.3) is 0 Å². The van der Waals surface area contributed by atoms with Crippen LogP contribution < -0.4 is 5.32 Å². The lowest BCUT2D eigenvalue weighted by Gasteiger charge is -2.13. The number of benzene rings is 1. The number of amides is 1. The Kier molecular flexibility index (Phi) is 5.12. The van der Waals surface area contributed by atoms with Gasteiger partial charge in [-0.25, -0.2) is 9.18 Å². The van der Waals surface area contributed by atoms with E-state index in [0.717, 1.165) is 0 Å². The highest BCUT2D eigenvalue weighted by Crippen LogP contribution is 2.15. The van der Waals surface area contributed by atoms with Crippen LogP contribution >= 0.6 is 0 Å². The maximum absolute atomic E-state index is 13.6. The fraction of sp³-hybridized carbons (Fsp3) is 0.167. The van der Waals surface area contributed by atoms with Crippen molar-refractivity contribution in [2.75, 3.05) is 5.32 Å². The van der Waals surface area contributed by atoms with Gasteiger partial charge in [-0.15, -0.1) is 0 Å². The summed E-state index contributed by atoms with van der Waals surface area (Å²) in [6.07, 6.45) is 2.27. The number of carbonyl (C=O) groups excluding carboxylic acids is 2. The molecule has 2 aromatic heterocycles. The van der Waals surface area contributed by atoms with Crippen LogP contribution in [0.2, 0.25) is 0 Å². The molecule has 7 nitrogen and oxygen atoms in total. The molecule has 0 aliphatic heterocycles. The second-order valence-electron chi connectivity index (χ2n) is 5.49. The minimum Gasteiger partial charge on any atom is -0.452 e. The fourth-order valence-corrected chi connectivity index (χ4v) is 2.20. The van der Waals surface area contributed by atoms with Crippen LogP contribution in [0, 0.1) is 5.82 Å². The summed E-state index contributed by atoms with van der Waals surface area (Å²) in [6.45, 7) is 1.76. The summed E-state index contributed by atoms with van der Waals surface area (Å²) in [4.78, 5) is 24.2. The first-order chi connectivity index (χ1) is 12.5. The Balaban J connectivity index is 1.58. The molecule has 8 heteroatoms. The largest absolute Gasteiger partial charge is 0.452 e. The number of furan rings is 1. The second kappa shape index (κ2) is 7.64. The van der Waals surface area contributed by atoms with Gasteiger partial charge in [0.1, 0.15) is 11.6 Å². The summed E-state index contributed by atoms with van der Waals surface area (Å²) in [6, 6.07) is 10.6. The van der Waals surface area contributed by atoms with Crippen LogP contribution in [0.15, 0.2) is 59.3 Å². The number of rotatable bonds is 6. The third-order valence-electron chi connectivity index (χ3n) is 3.52. The smallest absolute Gasteiger partial charge is 0.375 e. The van der Waals surface area contributed by atoms with Gasteiger partial charge in [0, 0.05) is 12.4 Å². The highest BCUT2D eigenvalue weighted by molar-refractivity contribution is 5.96. The van der Waals surface area contributed by atoms with Gasteiger partial charge in [-0.05, 0) is 37.3 Å². The second-order valence-corrected chi connectivity index (χ2v) is 5.49. The van der Waals surface area contributed by atoms with Gasteiger partial charge in [-0.1, -0.05) is 12.1 Å². The first-order valence-corrected chi connectivity index (χ1v) is 7.85. The predicted octanol–water partition coefficient (Wildman–Crippen LogP) is 2.85. The molecule has 0 aliphatic carbocycles. The van der Waals surface area contributed by atoms with E-state index in [9.17, 15) is 14.0 Å². The number of esters is 1. The fourth-order valence-electron chi connectivity index (χ4n) is 2.20. The molecule has 2 heterocycles. The van der Waals surface area contributed by atoms with E-state index in [1.165, 1.54) is 31.2 Å². The summed E-state index contributed by atoms with van der Waals surface area (Å²) in [5.41, 5.74) is 0.0138. The molecule has 1 unspecified atom stereocenters. The van der Waals surface area contributed by atoms with Crippen LogP contribution in [0.3, 0.4) is 0 Å². The first kappa shape index (κ1) is 17.4. The molecule has 1 N–H and O–H groups in total. The topological polar surface area (TPSA) is 86.4 Å². The molecule has 0 saturated heterocycles. The van der Waals surface area contributed by atoms with Crippen molar-refractivity contribution in [3.63, 3.8) is 0 Å². The van der Waals surface area contributed by atoms with Gasteiger partial charge in [-0.3, -0.25) is 9.48 Å².